The molecule has 0 bridgehead atoms. The van der Waals surface area contributed by atoms with E-state index in [1.807, 2.05) is 0 Å². The van der Waals surface area contributed by atoms with Crippen LogP contribution in [0.2, 0.25) is 0 Å². The standard InChI is InChI=1S/C19H36N2/c1-13(2)15-10-20-19(7,14-8-9-14)12-21(15)11-16-17(3,4)18(16,5)6/h13-16,20H,8-12H2,1-7H3. The van der Waals surface area contributed by atoms with E-state index in [0.29, 0.717) is 22.4 Å². The maximum Gasteiger partial charge on any atom is 0.0309 e. The Balaban J connectivity index is 1.73. The molecule has 1 heterocycles. The van der Waals surface area contributed by atoms with E-state index in [0.717, 1.165) is 17.8 Å². The van der Waals surface area contributed by atoms with Gasteiger partial charge in [0.1, 0.15) is 0 Å². The van der Waals surface area contributed by atoms with Gasteiger partial charge < -0.3 is 5.32 Å². The van der Waals surface area contributed by atoms with Gasteiger partial charge in [0.05, 0.1) is 0 Å². The van der Waals surface area contributed by atoms with E-state index in [4.69, 9.17) is 0 Å². The van der Waals surface area contributed by atoms with E-state index in [2.05, 4.69) is 58.7 Å². The van der Waals surface area contributed by atoms with Crippen LogP contribution in [0.4, 0.5) is 0 Å². The molecule has 3 fully saturated rings. The number of hydrogen-bond acceptors (Lipinski definition) is 2. The molecule has 2 saturated carbocycles. The molecule has 2 nitrogen and oxygen atoms in total. The summed E-state index contributed by atoms with van der Waals surface area (Å²) >= 11 is 0. The molecule has 0 aromatic rings. The Bertz CT molecular complexity index is 394. The predicted octanol–water partition coefficient (Wildman–Crippen LogP) is 3.77. The fraction of sp³-hybridized carbons (Fsp3) is 1.00. The maximum atomic E-state index is 3.91. The number of hydrogen-bond donors (Lipinski definition) is 1. The van der Waals surface area contributed by atoms with Gasteiger partial charge in [0, 0.05) is 31.2 Å². The Morgan fingerprint density at radius 1 is 1.05 bits per heavy atom. The van der Waals surface area contributed by atoms with Crippen molar-refractivity contribution in [3.8, 4) is 0 Å². The Hall–Kier alpha value is -0.0800. The lowest BCUT2D eigenvalue weighted by molar-refractivity contribution is 0.0446. The summed E-state index contributed by atoms with van der Waals surface area (Å²) in [5.74, 6) is 2.52. The van der Waals surface area contributed by atoms with E-state index in [1.54, 1.807) is 0 Å². The van der Waals surface area contributed by atoms with Crippen molar-refractivity contribution in [1.82, 2.24) is 10.2 Å². The van der Waals surface area contributed by atoms with Crippen LogP contribution in [0.3, 0.4) is 0 Å². The largest absolute Gasteiger partial charge is 0.308 e. The molecule has 1 N–H and O–H groups in total. The van der Waals surface area contributed by atoms with Gasteiger partial charge in [-0.15, -0.1) is 0 Å². The van der Waals surface area contributed by atoms with Crippen molar-refractivity contribution in [1.29, 1.82) is 0 Å². The van der Waals surface area contributed by atoms with Crippen LogP contribution in [0.15, 0.2) is 0 Å². The first-order chi connectivity index (χ1) is 9.59. The molecular formula is C19H36N2. The summed E-state index contributed by atoms with van der Waals surface area (Å²) in [6, 6.07) is 0.712. The summed E-state index contributed by atoms with van der Waals surface area (Å²) in [5.41, 5.74) is 1.39. The van der Waals surface area contributed by atoms with E-state index >= 15 is 0 Å². The molecule has 1 aliphatic heterocycles. The van der Waals surface area contributed by atoms with Gasteiger partial charge in [-0.1, -0.05) is 41.5 Å². The van der Waals surface area contributed by atoms with Crippen molar-refractivity contribution in [2.24, 2.45) is 28.6 Å². The molecule has 0 aromatic heterocycles. The summed E-state index contributed by atoms with van der Waals surface area (Å²) in [6.45, 7) is 20.8. The smallest absolute Gasteiger partial charge is 0.0309 e. The van der Waals surface area contributed by atoms with Crippen molar-refractivity contribution < 1.29 is 0 Å². The highest BCUT2D eigenvalue weighted by Gasteiger charge is 2.65. The molecule has 2 atom stereocenters. The first kappa shape index (κ1) is 15.8. The fourth-order valence-electron chi connectivity index (χ4n) is 4.94. The van der Waals surface area contributed by atoms with Crippen LogP contribution in [0.25, 0.3) is 0 Å². The molecule has 0 amide bonds. The van der Waals surface area contributed by atoms with Gasteiger partial charge >= 0.3 is 0 Å². The summed E-state index contributed by atoms with van der Waals surface area (Å²) in [7, 11) is 0. The summed E-state index contributed by atoms with van der Waals surface area (Å²) < 4.78 is 0. The normalized spacial score (nSPS) is 39.7. The quantitative estimate of drug-likeness (QED) is 0.848. The third-order valence-electron chi connectivity index (χ3n) is 7.70. The van der Waals surface area contributed by atoms with Gasteiger partial charge in [-0.05, 0) is 48.3 Å². The molecule has 0 aromatic carbocycles. The second-order valence-corrected chi connectivity index (χ2v) is 9.81. The highest BCUT2D eigenvalue weighted by molar-refractivity contribution is 5.14. The highest BCUT2D eigenvalue weighted by atomic mass is 15.3. The fourth-order valence-corrected chi connectivity index (χ4v) is 4.94. The molecule has 3 rings (SSSR count). The minimum atomic E-state index is 0.370. The zero-order chi connectivity index (χ0) is 15.6. The van der Waals surface area contributed by atoms with Crippen molar-refractivity contribution in [2.75, 3.05) is 19.6 Å². The Kier molecular flexibility index (Phi) is 3.54. The van der Waals surface area contributed by atoms with Gasteiger partial charge in [-0.2, -0.15) is 0 Å². The molecule has 1 saturated heterocycles. The number of rotatable bonds is 4. The molecule has 2 aliphatic carbocycles. The third kappa shape index (κ3) is 2.47. The molecule has 2 unspecified atom stereocenters. The van der Waals surface area contributed by atoms with E-state index < -0.39 is 0 Å². The second-order valence-electron chi connectivity index (χ2n) is 9.81. The van der Waals surface area contributed by atoms with Gasteiger partial charge in [0.25, 0.3) is 0 Å². The van der Waals surface area contributed by atoms with E-state index in [-0.39, 0.29) is 0 Å². The van der Waals surface area contributed by atoms with Crippen LogP contribution in [0.1, 0.15) is 61.3 Å². The van der Waals surface area contributed by atoms with Crippen LogP contribution in [-0.4, -0.2) is 36.1 Å². The maximum absolute atomic E-state index is 3.91. The zero-order valence-electron chi connectivity index (χ0n) is 15.3. The molecule has 2 heteroatoms. The van der Waals surface area contributed by atoms with Gasteiger partial charge in [0.15, 0.2) is 0 Å². The Morgan fingerprint density at radius 2 is 1.62 bits per heavy atom. The first-order valence-electron chi connectivity index (χ1n) is 9.08. The first-order valence-corrected chi connectivity index (χ1v) is 9.08. The van der Waals surface area contributed by atoms with Gasteiger partial charge in [-0.3, -0.25) is 4.90 Å². The van der Waals surface area contributed by atoms with Gasteiger partial charge in [0.2, 0.25) is 0 Å². The molecule has 0 spiro atoms. The Labute approximate surface area is 132 Å². The topological polar surface area (TPSA) is 15.3 Å². The average Bonchev–Trinajstić information content (AvgIpc) is 3.24. The minimum absolute atomic E-state index is 0.370. The molecular weight excluding hydrogens is 256 g/mol. The van der Waals surface area contributed by atoms with Crippen LogP contribution in [0.5, 0.6) is 0 Å². The number of piperazine rings is 1. The highest BCUT2D eigenvalue weighted by Crippen LogP contribution is 2.68. The van der Waals surface area contributed by atoms with Crippen molar-refractivity contribution in [2.45, 2.75) is 72.9 Å². The summed E-state index contributed by atoms with van der Waals surface area (Å²) in [6.07, 6.45) is 2.87. The molecule has 122 valence electrons. The lowest BCUT2D eigenvalue weighted by atomic mass is 9.87. The van der Waals surface area contributed by atoms with E-state index in [9.17, 15) is 0 Å². The SMILES string of the molecule is CC(C)C1CNC(C)(C2CC2)CN1CC1C(C)(C)C1(C)C. The zero-order valence-corrected chi connectivity index (χ0v) is 15.3. The third-order valence-corrected chi connectivity index (χ3v) is 7.70. The summed E-state index contributed by atoms with van der Waals surface area (Å²) in [4.78, 5) is 2.85. The number of nitrogens with one attached hydrogen (secondary N) is 1. The second kappa shape index (κ2) is 4.71. The van der Waals surface area contributed by atoms with Crippen LogP contribution in [0, 0.1) is 28.6 Å². The van der Waals surface area contributed by atoms with Crippen molar-refractivity contribution in [3.05, 3.63) is 0 Å². The lowest BCUT2D eigenvalue weighted by Crippen LogP contribution is -2.65. The van der Waals surface area contributed by atoms with Crippen LogP contribution >= 0.6 is 0 Å². The number of nitrogens with zero attached hydrogens (tertiary/aromatic N) is 1. The van der Waals surface area contributed by atoms with Crippen LogP contribution in [-0.2, 0) is 0 Å². The van der Waals surface area contributed by atoms with Crippen molar-refractivity contribution >= 4 is 0 Å². The van der Waals surface area contributed by atoms with Crippen molar-refractivity contribution in [3.63, 3.8) is 0 Å². The average molecular weight is 293 g/mol. The summed E-state index contributed by atoms with van der Waals surface area (Å²) in [5, 5.41) is 3.91. The van der Waals surface area contributed by atoms with E-state index in [1.165, 1.54) is 32.5 Å². The lowest BCUT2D eigenvalue weighted by Gasteiger charge is -2.48. The molecule has 21 heavy (non-hydrogen) atoms. The molecule has 3 aliphatic rings. The van der Waals surface area contributed by atoms with Gasteiger partial charge in [-0.25, -0.2) is 0 Å². The minimum Gasteiger partial charge on any atom is -0.308 e. The predicted molar refractivity (Wildman–Crippen MR) is 90.4 cm³/mol. The van der Waals surface area contributed by atoms with Crippen LogP contribution < -0.4 is 5.32 Å². The monoisotopic (exact) mass is 292 g/mol. The molecule has 0 radical (unpaired) electrons. The Morgan fingerprint density at radius 3 is 2.05 bits per heavy atom.